The molecule has 7 nitrogen and oxygen atoms in total. The fraction of sp³-hybridized carbons (Fsp3) is 0.417. The molecule has 0 spiro atoms. The van der Waals surface area contributed by atoms with Crippen molar-refractivity contribution >= 4 is 39.2 Å². The maximum atomic E-state index is 13.3. The number of likely N-dealkylation sites (tertiary alicyclic amines) is 1. The average Bonchev–Trinajstić information content (AvgIpc) is 2.78. The minimum atomic E-state index is -3.94. The third-order valence-electron chi connectivity index (χ3n) is 5.61. The molecule has 1 heterocycles. The van der Waals surface area contributed by atoms with Crippen LogP contribution in [0.4, 0.5) is 5.69 Å². The van der Waals surface area contributed by atoms with Gasteiger partial charge in [-0.1, -0.05) is 49.1 Å². The van der Waals surface area contributed by atoms with Gasteiger partial charge in [-0.25, -0.2) is 13.2 Å². The van der Waals surface area contributed by atoms with Crippen LogP contribution >= 0.6 is 11.6 Å². The first-order chi connectivity index (χ1) is 15.8. The average molecular weight is 493 g/mol. The van der Waals surface area contributed by atoms with Crippen LogP contribution in [0, 0.1) is 0 Å². The van der Waals surface area contributed by atoms with Crippen molar-refractivity contribution in [3.63, 3.8) is 0 Å². The Morgan fingerprint density at radius 1 is 1.00 bits per heavy atom. The van der Waals surface area contributed by atoms with Gasteiger partial charge in [-0.15, -0.1) is 0 Å². The summed E-state index contributed by atoms with van der Waals surface area (Å²) in [6.07, 6.45) is 5.20. The van der Waals surface area contributed by atoms with Gasteiger partial charge in [0.2, 0.25) is 0 Å². The van der Waals surface area contributed by atoms with Crippen LogP contribution in [-0.2, 0) is 19.6 Å². The topological polar surface area (TPSA) is 84.0 Å². The maximum absolute atomic E-state index is 13.3. The van der Waals surface area contributed by atoms with Gasteiger partial charge in [0.15, 0.2) is 6.61 Å². The summed E-state index contributed by atoms with van der Waals surface area (Å²) in [6.45, 7) is 2.83. The van der Waals surface area contributed by atoms with Gasteiger partial charge < -0.3 is 9.64 Å². The van der Waals surface area contributed by atoms with Crippen LogP contribution in [-0.4, -0.2) is 51.4 Å². The molecule has 0 radical (unpaired) electrons. The van der Waals surface area contributed by atoms with Gasteiger partial charge in [-0.2, -0.15) is 0 Å². The number of hydrogen-bond acceptors (Lipinski definition) is 5. The Balaban J connectivity index is 1.75. The number of ether oxygens (including phenoxy) is 1. The zero-order valence-electron chi connectivity index (χ0n) is 18.7. The van der Waals surface area contributed by atoms with Crippen molar-refractivity contribution in [2.45, 2.75) is 43.9 Å². The monoisotopic (exact) mass is 492 g/mol. The molecular weight excluding hydrogens is 464 g/mol. The van der Waals surface area contributed by atoms with Crippen LogP contribution in [0.15, 0.2) is 53.4 Å². The minimum Gasteiger partial charge on any atom is -0.452 e. The SMILES string of the molecule is CCN(c1ccccc1)S(=O)(=O)c1ccc(Cl)c(C(=O)OCC(=O)N2CCCCCCC2)c1. The van der Waals surface area contributed by atoms with Crippen molar-refractivity contribution in [2.75, 3.05) is 30.5 Å². The van der Waals surface area contributed by atoms with E-state index in [1.54, 1.807) is 42.2 Å². The van der Waals surface area contributed by atoms with E-state index >= 15 is 0 Å². The van der Waals surface area contributed by atoms with Crippen molar-refractivity contribution in [3.8, 4) is 0 Å². The molecule has 0 saturated carbocycles. The molecule has 3 rings (SSSR count). The van der Waals surface area contributed by atoms with E-state index in [1.807, 2.05) is 0 Å². The summed E-state index contributed by atoms with van der Waals surface area (Å²) < 4.78 is 33.0. The number of para-hydroxylation sites is 1. The summed E-state index contributed by atoms with van der Waals surface area (Å²) in [5.41, 5.74) is 0.417. The maximum Gasteiger partial charge on any atom is 0.340 e. The zero-order chi connectivity index (χ0) is 23.8. The van der Waals surface area contributed by atoms with Crippen molar-refractivity contribution in [2.24, 2.45) is 0 Å². The number of halogens is 1. The van der Waals surface area contributed by atoms with Gasteiger partial charge in [-0.05, 0) is 50.1 Å². The molecule has 2 aromatic rings. The third-order valence-corrected chi connectivity index (χ3v) is 7.84. The van der Waals surface area contributed by atoms with Crippen LogP contribution in [0.1, 0.15) is 49.4 Å². The first-order valence-electron chi connectivity index (χ1n) is 11.2. The smallest absolute Gasteiger partial charge is 0.340 e. The minimum absolute atomic E-state index is 0.0559. The molecule has 0 atom stereocenters. The summed E-state index contributed by atoms with van der Waals surface area (Å²) in [5, 5.41) is 0.0559. The van der Waals surface area contributed by atoms with Crippen LogP contribution < -0.4 is 4.31 Å². The second kappa shape index (κ2) is 11.5. The highest BCUT2D eigenvalue weighted by Gasteiger charge is 2.26. The lowest BCUT2D eigenvalue weighted by Gasteiger charge is -2.24. The Hall–Kier alpha value is -2.58. The largest absolute Gasteiger partial charge is 0.452 e. The van der Waals surface area contributed by atoms with E-state index in [2.05, 4.69) is 0 Å². The third kappa shape index (κ3) is 6.26. The quantitative estimate of drug-likeness (QED) is 0.531. The molecular formula is C24H29ClN2O5S. The molecule has 9 heteroatoms. The Morgan fingerprint density at radius 3 is 2.27 bits per heavy atom. The van der Waals surface area contributed by atoms with Crippen molar-refractivity contribution < 1.29 is 22.7 Å². The highest BCUT2D eigenvalue weighted by atomic mass is 35.5. The van der Waals surface area contributed by atoms with E-state index in [4.69, 9.17) is 16.3 Å². The highest BCUT2D eigenvalue weighted by molar-refractivity contribution is 7.92. The van der Waals surface area contributed by atoms with Gasteiger partial charge in [-0.3, -0.25) is 9.10 Å². The van der Waals surface area contributed by atoms with E-state index in [0.717, 1.165) is 25.7 Å². The Kier molecular flexibility index (Phi) is 8.74. The number of hydrogen-bond donors (Lipinski definition) is 0. The lowest BCUT2D eigenvalue weighted by Crippen LogP contribution is -2.37. The van der Waals surface area contributed by atoms with E-state index in [0.29, 0.717) is 18.8 Å². The zero-order valence-corrected chi connectivity index (χ0v) is 20.3. The van der Waals surface area contributed by atoms with Crippen LogP contribution in [0.3, 0.4) is 0 Å². The summed E-state index contributed by atoms with van der Waals surface area (Å²) in [7, 11) is -3.94. The lowest BCUT2D eigenvalue weighted by molar-refractivity contribution is -0.134. The van der Waals surface area contributed by atoms with Gasteiger partial charge in [0.25, 0.3) is 15.9 Å². The molecule has 0 aliphatic carbocycles. The summed E-state index contributed by atoms with van der Waals surface area (Å²) in [5.74, 6) is -1.09. The second-order valence-corrected chi connectivity index (χ2v) is 10.1. The number of sulfonamides is 1. The Morgan fingerprint density at radius 2 is 1.64 bits per heavy atom. The molecule has 0 N–H and O–H groups in total. The number of esters is 1. The first kappa shape index (κ1) is 25.1. The number of amides is 1. The van der Waals surface area contributed by atoms with Crippen molar-refractivity contribution in [3.05, 3.63) is 59.1 Å². The van der Waals surface area contributed by atoms with Crippen LogP contribution in [0.5, 0.6) is 0 Å². The van der Waals surface area contributed by atoms with Gasteiger partial charge in [0.05, 0.1) is 21.2 Å². The number of nitrogens with zero attached hydrogens (tertiary/aromatic N) is 2. The molecule has 1 amide bonds. The fourth-order valence-electron chi connectivity index (χ4n) is 3.83. The Labute approximate surface area is 200 Å². The molecule has 1 saturated heterocycles. The molecule has 1 aliphatic heterocycles. The predicted molar refractivity (Wildman–Crippen MR) is 128 cm³/mol. The molecule has 33 heavy (non-hydrogen) atoms. The lowest BCUT2D eigenvalue weighted by atomic mass is 10.1. The van der Waals surface area contributed by atoms with Crippen LogP contribution in [0.2, 0.25) is 5.02 Å². The molecule has 0 aromatic heterocycles. The molecule has 0 bridgehead atoms. The van der Waals surface area contributed by atoms with Crippen molar-refractivity contribution in [1.82, 2.24) is 4.90 Å². The van der Waals surface area contributed by atoms with Gasteiger partial charge >= 0.3 is 5.97 Å². The molecule has 2 aromatic carbocycles. The standard InChI is InChI=1S/C24H29ClN2O5S/c1-2-27(19-11-7-6-8-12-19)33(30,31)20-13-14-22(25)21(17-20)24(29)32-18-23(28)26-15-9-4-3-5-10-16-26/h6-8,11-14,17H,2-5,9-10,15-16,18H2,1H3. The molecule has 1 fully saturated rings. The van der Waals surface area contributed by atoms with E-state index < -0.39 is 22.6 Å². The normalized spacial score (nSPS) is 14.8. The molecule has 1 aliphatic rings. The molecule has 0 unspecified atom stereocenters. The first-order valence-corrected chi connectivity index (χ1v) is 13.0. The number of carbonyl (C=O) groups excluding carboxylic acids is 2. The van der Waals surface area contributed by atoms with Gasteiger partial charge in [0, 0.05) is 19.6 Å². The van der Waals surface area contributed by atoms with E-state index in [9.17, 15) is 18.0 Å². The summed E-state index contributed by atoms with van der Waals surface area (Å²) >= 11 is 6.17. The summed E-state index contributed by atoms with van der Waals surface area (Å²) in [4.78, 5) is 26.8. The summed E-state index contributed by atoms with van der Waals surface area (Å²) in [6, 6.07) is 12.6. The van der Waals surface area contributed by atoms with Crippen LogP contribution in [0.25, 0.3) is 0 Å². The number of rotatable bonds is 7. The van der Waals surface area contributed by atoms with E-state index in [1.165, 1.54) is 28.9 Å². The van der Waals surface area contributed by atoms with Crippen molar-refractivity contribution in [1.29, 1.82) is 0 Å². The predicted octanol–water partition coefficient (Wildman–Crippen LogP) is 4.50. The second-order valence-electron chi connectivity index (χ2n) is 7.87. The number of benzene rings is 2. The van der Waals surface area contributed by atoms with E-state index in [-0.39, 0.29) is 27.9 Å². The highest BCUT2D eigenvalue weighted by Crippen LogP contribution is 2.27. The van der Waals surface area contributed by atoms with Gasteiger partial charge in [0.1, 0.15) is 0 Å². The molecule has 178 valence electrons. The number of anilines is 1. The Bertz CT molecular complexity index is 1070. The number of carbonyl (C=O) groups is 2. The fourth-order valence-corrected chi connectivity index (χ4v) is 5.52.